The Balaban J connectivity index is 0.000000269. The molecule has 0 aromatic heterocycles. The normalized spacial score (nSPS) is 13.6. The van der Waals surface area contributed by atoms with Crippen molar-refractivity contribution < 1.29 is 47.8 Å². The Hall–Kier alpha value is -6.88. The van der Waals surface area contributed by atoms with E-state index in [0.717, 1.165) is 39.2 Å². The topological polar surface area (TPSA) is 186 Å². The predicted octanol–water partition coefficient (Wildman–Crippen LogP) is 5.62. The number of benzene rings is 4. The van der Waals surface area contributed by atoms with Gasteiger partial charge in [0.25, 0.3) is 0 Å². The Kier molecular flexibility index (Phi) is 16.6. The number of carbonyl (C=O) groups is 4. The summed E-state index contributed by atoms with van der Waals surface area (Å²) in [6.45, 7) is 11.7. The molecule has 0 fully saturated rings. The number of alkyl carbamates (subject to hydrolysis) is 2. The molecule has 0 atom stereocenters. The summed E-state index contributed by atoms with van der Waals surface area (Å²) < 4.78 is 10.4. The number of anilines is 2. The standard InChI is InChI=1S/C21H24N2O3.C20H22N2O3.2CO2/c1-15-9-10-17-18(13-15)23(19(24)21(17,2)3)12-11-22-20(25)26-14-16-7-5-4-6-8-16;1-20(2)16-10-6-7-11-17(16)22(18(20)23)13-12-21-19(24)25-14-15-8-4-3-5-9-15;2*2-1-3/h4-10,13H,11-12,14H2,1-3H3,(H,22,25);3-11H,12-14H2,1-2H3,(H,21,24);;. The van der Waals surface area contributed by atoms with E-state index < -0.39 is 23.0 Å². The maximum Gasteiger partial charge on any atom is 0.407 e. The van der Waals surface area contributed by atoms with Crippen molar-refractivity contribution in [2.75, 3.05) is 36.0 Å². The van der Waals surface area contributed by atoms with Gasteiger partial charge in [-0.15, -0.1) is 0 Å². The second-order valence-electron chi connectivity index (χ2n) is 13.8. The molecule has 2 heterocycles. The van der Waals surface area contributed by atoms with Gasteiger partial charge >= 0.3 is 24.5 Å². The molecule has 4 aromatic rings. The van der Waals surface area contributed by atoms with E-state index in [9.17, 15) is 19.2 Å². The largest absolute Gasteiger partial charge is 0.445 e. The Morgan fingerprint density at radius 2 is 0.965 bits per heavy atom. The molecule has 2 aliphatic heterocycles. The molecule has 0 saturated heterocycles. The summed E-state index contributed by atoms with van der Waals surface area (Å²) in [6.07, 6.45) is -0.465. The van der Waals surface area contributed by atoms with Crippen LogP contribution < -0.4 is 20.4 Å². The Morgan fingerprint density at radius 1 is 0.579 bits per heavy atom. The van der Waals surface area contributed by atoms with Crippen molar-refractivity contribution in [3.8, 4) is 0 Å². The minimum absolute atomic E-state index is 0.0492. The minimum Gasteiger partial charge on any atom is -0.445 e. The van der Waals surface area contributed by atoms with E-state index in [1.54, 1.807) is 9.80 Å². The number of carbonyl (C=O) groups excluding carboxylic acids is 8. The molecule has 0 spiro atoms. The maximum absolute atomic E-state index is 12.8. The van der Waals surface area contributed by atoms with Gasteiger partial charge in [-0.05, 0) is 74.6 Å². The summed E-state index contributed by atoms with van der Waals surface area (Å²) in [5, 5.41) is 5.42. The van der Waals surface area contributed by atoms with Gasteiger partial charge in [0.1, 0.15) is 13.2 Å². The van der Waals surface area contributed by atoms with E-state index in [-0.39, 0.29) is 37.3 Å². The molecule has 14 nitrogen and oxygen atoms in total. The van der Waals surface area contributed by atoms with Crippen LogP contribution in [0, 0.1) is 6.92 Å². The second kappa shape index (κ2) is 21.3. The van der Waals surface area contributed by atoms with E-state index in [1.165, 1.54) is 0 Å². The fourth-order valence-corrected chi connectivity index (χ4v) is 6.29. The summed E-state index contributed by atoms with van der Waals surface area (Å²) in [7, 11) is 0. The molecule has 0 aliphatic carbocycles. The lowest BCUT2D eigenvalue weighted by atomic mass is 9.86. The highest BCUT2D eigenvalue weighted by Gasteiger charge is 2.44. The molecule has 2 N–H and O–H groups in total. The second-order valence-corrected chi connectivity index (χ2v) is 13.8. The fourth-order valence-electron chi connectivity index (χ4n) is 6.29. The van der Waals surface area contributed by atoms with E-state index >= 15 is 0 Å². The molecule has 14 heteroatoms. The summed E-state index contributed by atoms with van der Waals surface area (Å²) >= 11 is 0. The monoisotopic (exact) mass is 778 g/mol. The van der Waals surface area contributed by atoms with Crippen molar-refractivity contribution in [2.24, 2.45) is 0 Å². The van der Waals surface area contributed by atoms with Crippen LogP contribution in [0.4, 0.5) is 21.0 Å². The quantitative estimate of drug-likeness (QED) is 0.205. The highest BCUT2D eigenvalue weighted by molar-refractivity contribution is 6.08. The highest BCUT2D eigenvalue weighted by Crippen LogP contribution is 2.42. The molecule has 57 heavy (non-hydrogen) atoms. The average Bonchev–Trinajstić information content (AvgIpc) is 3.51. The number of para-hydroxylation sites is 1. The first kappa shape index (κ1) is 44.5. The van der Waals surface area contributed by atoms with Gasteiger partial charge in [0.05, 0.1) is 10.8 Å². The van der Waals surface area contributed by atoms with Gasteiger partial charge in [0.15, 0.2) is 0 Å². The molecule has 4 aromatic carbocycles. The molecule has 6 rings (SSSR count). The first-order chi connectivity index (χ1) is 27.2. The van der Waals surface area contributed by atoms with Gasteiger partial charge in [-0.3, -0.25) is 9.59 Å². The first-order valence-corrected chi connectivity index (χ1v) is 17.9. The summed E-state index contributed by atoms with van der Waals surface area (Å²) in [6, 6.07) is 32.9. The van der Waals surface area contributed by atoms with Gasteiger partial charge in [-0.25, -0.2) is 9.59 Å². The van der Waals surface area contributed by atoms with E-state index in [4.69, 9.17) is 28.7 Å². The third-order valence-electron chi connectivity index (χ3n) is 9.18. The van der Waals surface area contributed by atoms with Crippen molar-refractivity contribution >= 4 is 47.7 Å². The smallest absolute Gasteiger partial charge is 0.407 e. The summed E-state index contributed by atoms with van der Waals surface area (Å²) in [5.74, 6) is 0.103. The number of nitrogens with one attached hydrogen (secondary N) is 2. The Labute approximate surface area is 331 Å². The maximum atomic E-state index is 12.8. The van der Waals surface area contributed by atoms with E-state index in [2.05, 4.69) is 10.6 Å². The van der Waals surface area contributed by atoms with Crippen LogP contribution in [0.2, 0.25) is 0 Å². The number of hydrogen-bond donors (Lipinski definition) is 2. The minimum atomic E-state index is -0.545. The van der Waals surface area contributed by atoms with Gasteiger partial charge in [-0.1, -0.05) is 91.0 Å². The molecule has 2 aliphatic rings. The zero-order chi connectivity index (χ0) is 42.0. The molecular weight excluding hydrogens is 732 g/mol. The molecule has 298 valence electrons. The summed E-state index contributed by atoms with van der Waals surface area (Å²) in [5.41, 5.74) is 5.78. The molecular formula is C43H46N4O10. The molecule has 0 saturated carbocycles. The Morgan fingerprint density at radius 3 is 1.42 bits per heavy atom. The number of hydrogen-bond acceptors (Lipinski definition) is 10. The van der Waals surface area contributed by atoms with Crippen molar-refractivity contribution in [3.63, 3.8) is 0 Å². The van der Waals surface area contributed by atoms with Gasteiger partial charge in [0.2, 0.25) is 11.8 Å². The molecule has 0 bridgehead atoms. The van der Waals surface area contributed by atoms with Crippen molar-refractivity contribution in [3.05, 3.63) is 131 Å². The lowest BCUT2D eigenvalue weighted by Gasteiger charge is -2.20. The lowest BCUT2D eigenvalue weighted by Crippen LogP contribution is -2.41. The molecule has 4 amide bonds. The van der Waals surface area contributed by atoms with Crippen LogP contribution in [0.15, 0.2) is 103 Å². The van der Waals surface area contributed by atoms with Gasteiger partial charge < -0.3 is 29.9 Å². The summed E-state index contributed by atoms with van der Waals surface area (Å²) in [4.78, 5) is 85.1. The zero-order valence-electron chi connectivity index (χ0n) is 32.5. The van der Waals surface area contributed by atoms with Crippen LogP contribution in [-0.4, -0.2) is 62.5 Å². The van der Waals surface area contributed by atoms with Crippen LogP contribution in [-0.2, 0) is 62.3 Å². The van der Waals surface area contributed by atoms with Crippen LogP contribution in [0.3, 0.4) is 0 Å². The third-order valence-corrected chi connectivity index (χ3v) is 9.18. The van der Waals surface area contributed by atoms with Crippen LogP contribution in [0.5, 0.6) is 0 Å². The highest BCUT2D eigenvalue weighted by atomic mass is 16.6. The van der Waals surface area contributed by atoms with Gasteiger partial charge in [-0.2, -0.15) is 19.2 Å². The number of nitrogens with zero attached hydrogens (tertiary/aromatic N) is 2. The predicted molar refractivity (Wildman–Crippen MR) is 208 cm³/mol. The zero-order valence-corrected chi connectivity index (χ0v) is 32.5. The van der Waals surface area contributed by atoms with Crippen LogP contribution in [0.25, 0.3) is 0 Å². The first-order valence-electron chi connectivity index (χ1n) is 17.9. The van der Waals surface area contributed by atoms with Crippen molar-refractivity contribution in [2.45, 2.75) is 58.7 Å². The van der Waals surface area contributed by atoms with E-state index in [1.807, 2.05) is 138 Å². The van der Waals surface area contributed by atoms with Crippen molar-refractivity contribution in [1.29, 1.82) is 0 Å². The number of amides is 4. The number of fused-ring (bicyclic) bond motifs is 2. The number of aryl methyl sites for hydroxylation is 1. The number of rotatable bonds is 10. The number of ether oxygens (including phenoxy) is 2. The average molecular weight is 779 g/mol. The Bertz CT molecular complexity index is 2040. The fraction of sp³-hybridized carbons (Fsp3) is 0.302. The molecule has 0 unspecified atom stereocenters. The van der Waals surface area contributed by atoms with Gasteiger partial charge in [0, 0.05) is 37.6 Å². The van der Waals surface area contributed by atoms with Crippen LogP contribution >= 0.6 is 0 Å². The van der Waals surface area contributed by atoms with Crippen LogP contribution in [0.1, 0.15) is 55.5 Å². The lowest BCUT2D eigenvalue weighted by molar-refractivity contribution is -0.193. The van der Waals surface area contributed by atoms with E-state index in [0.29, 0.717) is 26.2 Å². The molecule has 0 radical (unpaired) electrons. The SMILES string of the molecule is CC1(C)C(=O)N(CCNC(=O)OCc2ccccc2)c2ccccc21.Cc1ccc2c(c1)N(CCNC(=O)OCc1ccccc1)C(=O)C2(C)C.O=C=O.O=C=O. The third kappa shape index (κ3) is 12.1. The van der Waals surface area contributed by atoms with Crippen molar-refractivity contribution in [1.82, 2.24) is 10.6 Å².